The van der Waals surface area contributed by atoms with E-state index in [2.05, 4.69) is 10.6 Å². The van der Waals surface area contributed by atoms with Crippen molar-refractivity contribution in [3.8, 4) is 0 Å². The Bertz CT molecular complexity index is 425. The summed E-state index contributed by atoms with van der Waals surface area (Å²) in [5.74, 6) is -2.47. The lowest BCUT2D eigenvalue weighted by Crippen LogP contribution is -2.61. The van der Waals surface area contributed by atoms with E-state index in [4.69, 9.17) is 10.8 Å². The highest BCUT2D eigenvalue weighted by atomic mass is 16.4. The Morgan fingerprint density at radius 3 is 2.70 bits per heavy atom. The fourth-order valence-corrected chi connectivity index (χ4v) is 2.00. The first-order chi connectivity index (χ1) is 9.36. The van der Waals surface area contributed by atoms with Crippen LogP contribution in [-0.4, -0.2) is 59.0 Å². The summed E-state index contributed by atoms with van der Waals surface area (Å²) in [5, 5.41) is 13.8. The third-order valence-electron chi connectivity index (χ3n) is 2.98. The normalized spacial score (nSPS) is 19.9. The number of carbonyl (C=O) groups excluding carboxylic acids is 3. The molecule has 2 atom stereocenters. The van der Waals surface area contributed by atoms with Gasteiger partial charge in [-0.2, -0.15) is 0 Å². The van der Waals surface area contributed by atoms with Gasteiger partial charge in [-0.1, -0.05) is 6.92 Å². The smallest absolute Gasteiger partial charge is 0.326 e. The zero-order chi connectivity index (χ0) is 15.3. The van der Waals surface area contributed by atoms with Crippen molar-refractivity contribution in [1.29, 1.82) is 0 Å². The highest BCUT2D eigenvalue weighted by molar-refractivity contribution is 5.91. The number of hydrogen-bond acceptors (Lipinski definition) is 4. The molecule has 1 aliphatic rings. The quantitative estimate of drug-likeness (QED) is 0.473. The number of amides is 4. The lowest BCUT2D eigenvalue weighted by Gasteiger charge is -2.35. The minimum absolute atomic E-state index is 0.277. The Morgan fingerprint density at radius 1 is 1.55 bits per heavy atom. The van der Waals surface area contributed by atoms with Crippen LogP contribution in [0.4, 0.5) is 4.79 Å². The number of rotatable bonds is 5. The molecule has 0 aromatic carbocycles. The summed E-state index contributed by atoms with van der Waals surface area (Å²) in [4.78, 5) is 46.6. The molecule has 1 unspecified atom stereocenters. The molecule has 1 fully saturated rings. The molecule has 9 nitrogen and oxygen atoms in total. The van der Waals surface area contributed by atoms with Gasteiger partial charge in [-0.3, -0.25) is 9.59 Å². The van der Waals surface area contributed by atoms with E-state index in [9.17, 15) is 19.2 Å². The van der Waals surface area contributed by atoms with Crippen molar-refractivity contribution >= 4 is 23.8 Å². The molecule has 20 heavy (non-hydrogen) atoms. The van der Waals surface area contributed by atoms with Gasteiger partial charge in [0.2, 0.25) is 11.8 Å². The molecule has 1 heterocycles. The van der Waals surface area contributed by atoms with Gasteiger partial charge in [-0.15, -0.1) is 0 Å². The molecule has 0 aromatic heterocycles. The maximum Gasteiger partial charge on any atom is 0.326 e. The van der Waals surface area contributed by atoms with Crippen LogP contribution in [0.1, 0.15) is 19.8 Å². The van der Waals surface area contributed by atoms with Crippen molar-refractivity contribution in [2.24, 2.45) is 5.73 Å². The van der Waals surface area contributed by atoms with Crippen LogP contribution in [0.3, 0.4) is 0 Å². The number of nitrogens with zero attached hydrogens (tertiary/aromatic N) is 1. The molecule has 4 amide bonds. The van der Waals surface area contributed by atoms with Crippen LogP contribution >= 0.6 is 0 Å². The van der Waals surface area contributed by atoms with Crippen molar-refractivity contribution in [3.63, 3.8) is 0 Å². The fourth-order valence-electron chi connectivity index (χ4n) is 2.00. The lowest BCUT2D eigenvalue weighted by molar-refractivity contribution is -0.141. The maximum atomic E-state index is 12.0. The zero-order valence-electron chi connectivity index (χ0n) is 11.1. The van der Waals surface area contributed by atoms with Gasteiger partial charge in [0, 0.05) is 13.1 Å². The fraction of sp³-hybridized carbons (Fsp3) is 0.636. The first-order valence-electron chi connectivity index (χ1n) is 6.22. The summed E-state index contributed by atoms with van der Waals surface area (Å²) < 4.78 is 0. The number of urea groups is 1. The van der Waals surface area contributed by atoms with Crippen molar-refractivity contribution in [2.45, 2.75) is 31.8 Å². The summed E-state index contributed by atoms with van der Waals surface area (Å²) in [6, 6.07) is -2.74. The topological polar surface area (TPSA) is 142 Å². The van der Waals surface area contributed by atoms with Crippen molar-refractivity contribution in [1.82, 2.24) is 15.5 Å². The number of piperazine rings is 1. The minimum atomic E-state index is -1.40. The molecule has 0 aliphatic carbocycles. The van der Waals surface area contributed by atoms with E-state index in [0.717, 1.165) is 0 Å². The van der Waals surface area contributed by atoms with Gasteiger partial charge >= 0.3 is 12.0 Å². The van der Waals surface area contributed by atoms with Crippen LogP contribution in [0.5, 0.6) is 0 Å². The first-order valence-corrected chi connectivity index (χ1v) is 6.22. The number of carboxylic acid groups (broad SMARTS) is 1. The van der Waals surface area contributed by atoms with E-state index in [-0.39, 0.29) is 12.5 Å². The average Bonchev–Trinajstić information content (AvgIpc) is 2.36. The molecule has 0 radical (unpaired) electrons. The standard InChI is InChI=1S/C11H18N4O5/c1-2-7-9(17)13-3-4-15(7)11(20)14-6(10(18)19)5-8(12)16/h6-7H,2-5H2,1H3,(H2,12,16)(H,13,17)(H,14,20)(H,18,19)/t6-,7?/m1/s1. The van der Waals surface area contributed by atoms with E-state index in [1.54, 1.807) is 6.92 Å². The summed E-state index contributed by atoms with van der Waals surface area (Å²) in [6.07, 6.45) is -0.0925. The van der Waals surface area contributed by atoms with Crippen molar-refractivity contribution in [2.75, 3.05) is 13.1 Å². The van der Waals surface area contributed by atoms with Crippen LogP contribution in [0.2, 0.25) is 0 Å². The zero-order valence-corrected chi connectivity index (χ0v) is 11.1. The molecule has 1 saturated heterocycles. The van der Waals surface area contributed by atoms with Gasteiger partial charge in [0.1, 0.15) is 12.1 Å². The van der Waals surface area contributed by atoms with Crippen LogP contribution in [0, 0.1) is 0 Å². The number of primary amides is 1. The third-order valence-corrected chi connectivity index (χ3v) is 2.98. The number of aliphatic carboxylic acids is 1. The highest BCUT2D eigenvalue weighted by Gasteiger charge is 2.33. The Morgan fingerprint density at radius 2 is 2.20 bits per heavy atom. The Kier molecular flexibility index (Phi) is 5.30. The lowest BCUT2D eigenvalue weighted by atomic mass is 10.1. The van der Waals surface area contributed by atoms with E-state index < -0.39 is 36.4 Å². The number of carboxylic acids is 1. The molecule has 0 bridgehead atoms. The van der Waals surface area contributed by atoms with Crippen molar-refractivity contribution in [3.05, 3.63) is 0 Å². The molecular formula is C11H18N4O5. The van der Waals surface area contributed by atoms with Gasteiger partial charge in [0.25, 0.3) is 0 Å². The van der Waals surface area contributed by atoms with E-state index in [0.29, 0.717) is 13.0 Å². The van der Waals surface area contributed by atoms with E-state index >= 15 is 0 Å². The highest BCUT2D eigenvalue weighted by Crippen LogP contribution is 2.09. The predicted octanol–water partition coefficient (Wildman–Crippen LogP) is -1.76. The van der Waals surface area contributed by atoms with Crippen LogP contribution < -0.4 is 16.4 Å². The average molecular weight is 286 g/mol. The van der Waals surface area contributed by atoms with Gasteiger partial charge in [-0.05, 0) is 6.42 Å². The second kappa shape index (κ2) is 6.73. The second-order valence-electron chi connectivity index (χ2n) is 4.42. The molecular weight excluding hydrogens is 268 g/mol. The summed E-state index contributed by atoms with van der Waals surface area (Å²) in [5.41, 5.74) is 4.93. The number of hydrogen-bond donors (Lipinski definition) is 4. The Labute approximate surface area is 115 Å². The molecule has 1 aliphatic heterocycles. The molecule has 0 aromatic rings. The first kappa shape index (κ1) is 15.7. The SMILES string of the molecule is CCC1C(=O)NCCN1C(=O)N[C@H](CC(N)=O)C(=O)O. The molecule has 112 valence electrons. The van der Waals surface area contributed by atoms with Gasteiger partial charge in [0.15, 0.2) is 0 Å². The summed E-state index contributed by atoms with van der Waals surface area (Å²) in [6.45, 7) is 2.32. The van der Waals surface area contributed by atoms with E-state index in [1.807, 2.05) is 0 Å². The maximum absolute atomic E-state index is 12.0. The molecule has 1 rings (SSSR count). The van der Waals surface area contributed by atoms with Crippen LogP contribution in [-0.2, 0) is 14.4 Å². The second-order valence-corrected chi connectivity index (χ2v) is 4.42. The third kappa shape index (κ3) is 3.84. The van der Waals surface area contributed by atoms with Gasteiger partial charge < -0.3 is 26.4 Å². The number of nitrogens with two attached hydrogens (primary N) is 1. The van der Waals surface area contributed by atoms with Crippen LogP contribution in [0.25, 0.3) is 0 Å². The predicted molar refractivity (Wildman–Crippen MR) is 67.6 cm³/mol. The minimum Gasteiger partial charge on any atom is -0.480 e. The monoisotopic (exact) mass is 286 g/mol. The summed E-state index contributed by atoms with van der Waals surface area (Å²) in [7, 11) is 0. The Hall–Kier alpha value is -2.32. The molecule has 0 saturated carbocycles. The molecule has 5 N–H and O–H groups in total. The number of nitrogens with one attached hydrogen (secondary N) is 2. The van der Waals surface area contributed by atoms with Crippen LogP contribution in [0.15, 0.2) is 0 Å². The Balaban J connectivity index is 2.74. The number of carbonyl (C=O) groups is 4. The van der Waals surface area contributed by atoms with Gasteiger partial charge in [0.05, 0.1) is 6.42 Å². The van der Waals surface area contributed by atoms with Gasteiger partial charge in [-0.25, -0.2) is 9.59 Å². The summed E-state index contributed by atoms with van der Waals surface area (Å²) >= 11 is 0. The van der Waals surface area contributed by atoms with E-state index in [1.165, 1.54) is 4.90 Å². The largest absolute Gasteiger partial charge is 0.480 e. The molecule has 9 heteroatoms. The van der Waals surface area contributed by atoms with Crippen molar-refractivity contribution < 1.29 is 24.3 Å². The molecule has 0 spiro atoms.